The second-order valence-electron chi connectivity index (χ2n) is 13.8. The lowest BCUT2D eigenvalue weighted by Crippen LogP contribution is -2.38. The average Bonchev–Trinajstić information content (AvgIpc) is 3.75. The van der Waals surface area contributed by atoms with Crippen molar-refractivity contribution in [2.45, 2.75) is 77.5 Å². The van der Waals surface area contributed by atoms with E-state index in [4.69, 9.17) is 23.5 Å². The fraction of sp³-hybridized carbons (Fsp3) is 0.364. The Bertz CT molecular complexity index is 2090. The predicted octanol–water partition coefficient (Wildman–Crippen LogP) is 7.04. The Morgan fingerprint density at radius 2 is 1.30 bits per heavy atom. The molecule has 13 heteroatoms. The molecule has 13 nitrogen and oxygen atoms in total. The lowest BCUT2D eigenvalue weighted by atomic mass is 9.97. The maximum atomic E-state index is 12.8. The number of carbonyl (C=O) groups excluding carboxylic acids is 1. The molecule has 4 aromatic carbocycles. The highest BCUT2D eigenvalue weighted by Crippen LogP contribution is 2.36. The molecule has 1 atom stereocenters. The minimum atomic E-state index is -0.437. The SMILES string of the molecule is COc1ccc2c(c1)C(=O)NC(c1ccc(OCCCCCCCCCOc3cc(-c4cc(-c5cc(CO)c(CO)c(CO)c5)no4)ccc3OC)c(CO)c1)N2. The summed E-state index contributed by atoms with van der Waals surface area (Å²) in [6.45, 7) is 0.0734. The molecule has 1 amide bonds. The molecule has 1 unspecified atom stereocenters. The van der Waals surface area contributed by atoms with E-state index in [1.165, 1.54) is 0 Å². The maximum Gasteiger partial charge on any atom is 0.255 e. The van der Waals surface area contributed by atoms with E-state index in [9.17, 15) is 25.2 Å². The van der Waals surface area contributed by atoms with Gasteiger partial charge in [0.15, 0.2) is 17.3 Å². The number of amides is 1. The smallest absolute Gasteiger partial charge is 0.255 e. The molecule has 0 aliphatic carbocycles. The van der Waals surface area contributed by atoms with Crippen molar-refractivity contribution in [3.05, 3.63) is 106 Å². The zero-order valence-electron chi connectivity index (χ0n) is 32.4. The number of fused-ring (bicyclic) bond motifs is 1. The summed E-state index contributed by atoms with van der Waals surface area (Å²) in [5.41, 5.74) is 6.22. The van der Waals surface area contributed by atoms with Gasteiger partial charge in [-0.2, -0.15) is 0 Å². The van der Waals surface area contributed by atoms with Crippen LogP contribution in [0.15, 0.2) is 77.3 Å². The summed E-state index contributed by atoms with van der Waals surface area (Å²) in [5, 5.41) is 49.9. The normalized spacial score (nSPS) is 13.4. The lowest BCUT2D eigenvalue weighted by molar-refractivity contribution is 0.0935. The Balaban J connectivity index is 0.899. The van der Waals surface area contributed by atoms with Crippen LogP contribution in [-0.2, 0) is 26.4 Å². The third-order valence-electron chi connectivity index (χ3n) is 10.1. The Morgan fingerprint density at radius 3 is 1.95 bits per heavy atom. The molecular weight excluding hydrogens is 730 g/mol. The van der Waals surface area contributed by atoms with Crippen LogP contribution in [0.25, 0.3) is 22.6 Å². The second kappa shape index (κ2) is 20.0. The number of hydrogen-bond donors (Lipinski definition) is 6. The summed E-state index contributed by atoms with van der Waals surface area (Å²) in [4.78, 5) is 12.8. The number of aliphatic hydroxyl groups excluding tert-OH is 4. The van der Waals surface area contributed by atoms with Crippen molar-refractivity contribution in [1.82, 2.24) is 10.5 Å². The van der Waals surface area contributed by atoms with Crippen molar-refractivity contribution in [3.8, 4) is 45.6 Å². The summed E-state index contributed by atoms with van der Waals surface area (Å²) < 4.78 is 28.6. The highest BCUT2D eigenvalue weighted by atomic mass is 16.5. The van der Waals surface area contributed by atoms with Crippen molar-refractivity contribution in [2.24, 2.45) is 0 Å². The maximum absolute atomic E-state index is 12.8. The summed E-state index contributed by atoms with van der Waals surface area (Å²) in [6, 6.07) is 21.7. The van der Waals surface area contributed by atoms with E-state index in [1.54, 1.807) is 44.6 Å². The van der Waals surface area contributed by atoms with Crippen LogP contribution >= 0.6 is 0 Å². The lowest BCUT2D eigenvalue weighted by Gasteiger charge is -2.29. The van der Waals surface area contributed by atoms with Crippen LogP contribution in [-0.4, -0.2) is 58.9 Å². The topological polar surface area (TPSA) is 185 Å². The monoisotopic (exact) mass is 781 g/mol. The number of aromatic nitrogens is 1. The number of hydrogen-bond acceptors (Lipinski definition) is 12. The zero-order valence-corrected chi connectivity index (χ0v) is 32.4. The van der Waals surface area contributed by atoms with Crippen LogP contribution in [0.3, 0.4) is 0 Å². The third kappa shape index (κ3) is 10.0. The molecule has 57 heavy (non-hydrogen) atoms. The molecule has 302 valence electrons. The second-order valence-corrected chi connectivity index (χ2v) is 13.8. The van der Waals surface area contributed by atoms with E-state index in [2.05, 4.69) is 15.8 Å². The van der Waals surface area contributed by atoms with Gasteiger partial charge in [0, 0.05) is 28.4 Å². The van der Waals surface area contributed by atoms with E-state index < -0.39 is 6.17 Å². The van der Waals surface area contributed by atoms with Gasteiger partial charge >= 0.3 is 0 Å². The Morgan fingerprint density at radius 1 is 0.632 bits per heavy atom. The number of anilines is 1. The molecule has 1 aliphatic heterocycles. The van der Waals surface area contributed by atoms with Gasteiger partial charge < -0.3 is 54.5 Å². The zero-order chi connectivity index (χ0) is 40.1. The van der Waals surface area contributed by atoms with Crippen LogP contribution in [0, 0.1) is 0 Å². The van der Waals surface area contributed by atoms with Gasteiger partial charge in [-0.1, -0.05) is 43.3 Å². The van der Waals surface area contributed by atoms with Gasteiger partial charge in [0.1, 0.15) is 23.4 Å². The van der Waals surface area contributed by atoms with Gasteiger partial charge in [-0.15, -0.1) is 0 Å². The summed E-state index contributed by atoms with van der Waals surface area (Å²) in [7, 11) is 3.16. The first-order valence-corrected chi connectivity index (χ1v) is 19.3. The standard InChI is InChI=1S/C44H51N3O10/c1-53-34-12-13-37-35(22-34)44(52)46-43(45-37)29-11-14-39(33(18-29)26-50)55-16-8-6-4-3-5-7-9-17-56-42-21-28(10-15-40(42)54-2)41-23-38(47-57-41)30-19-31(24-48)36(27-51)32(20-30)25-49/h10-15,18-23,43,45,48-51H,3-9,16-17,24-27H2,1-2H3,(H,46,52). The molecule has 6 rings (SSSR count). The molecule has 1 aliphatic rings. The number of ether oxygens (including phenoxy) is 4. The molecule has 2 heterocycles. The first-order chi connectivity index (χ1) is 27.9. The fourth-order valence-electron chi connectivity index (χ4n) is 6.95. The van der Waals surface area contributed by atoms with Gasteiger partial charge in [0.05, 0.1) is 59.4 Å². The molecule has 0 spiro atoms. The highest BCUT2D eigenvalue weighted by molar-refractivity contribution is 6.02. The fourth-order valence-corrected chi connectivity index (χ4v) is 6.95. The number of methoxy groups -OCH3 is 2. The minimum Gasteiger partial charge on any atom is -0.497 e. The van der Waals surface area contributed by atoms with Crippen LogP contribution in [0.5, 0.6) is 23.0 Å². The van der Waals surface area contributed by atoms with Crippen molar-refractivity contribution in [3.63, 3.8) is 0 Å². The summed E-state index contributed by atoms with van der Waals surface area (Å²) in [5.74, 6) is 2.80. The molecule has 0 saturated carbocycles. The van der Waals surface area contributed by atoms with Crippen molar-refractivity contribution >= 4 is 11.6 Å². The van der Waals surface area contributed by atoms with Crippen molar-refractivity contribution < 1.29 is 48.7 Å². The summed E-state index contributed by atoms with van der Waals surface area (Å²) in [6.07, 6.45) is 6.74. The third-order valence-corrected chi connectivity index (χ3v) is 10.1. The van der Waals surface area contributed by atoms with E-state index in [1.807, 2.05) is 42.5 Å². The van der Waals surface area contributed by atoms with Gasteiger partial charge in [-0.05, 0) is 95.8 Å². The van der Waals surface area contributed by atoms with E-state index >= 15 is 0 Å². The Labute approximate surface area is 332 Å². The number of nitrogens with one attached hydrogen (secondary N) is 2. The minimum absolute atomic E-state index is 0.175. The Hall–Kier alpha value is -5.60. The van der Waals surface area contributed by atoms with Gasteiger partial charge in [0.25, 0.3) is 5.91 Å². The molecule has 5 aromatic rings. The van der Waals surface area contributed by atoms with Crippen LogP contribution in [0.1, 0.15) is 89.3 Å². The first kappa shape index (κ1) is 41.0. The quantitative estimate of drug-likeness (QED) is 0.0418. The molecule has 0 bridgehead atoms. The molecule has 6 N–H and O–H groups in total. The van der Waals surface area contributed by atoms with E-state index in [0.717, 1.165) is 56.1 Å². The number of nitrogens with zero attached hydrogens (tertiary/aromatic N) is 1. The number of aliphatic hydroxyl groups is 4. The molecule has 0 radical (unpaired) electrons. The van der Waals surface area contributed by atoms with Crippen molar-refractivity contribution in [1.29, 1.82) is 0 Å². The Kier molecular flexibility index (Phi) is 14.4. The number of rotatable bonds is 21. The molecule has 0 saturated heterocycles. The van der Waals surface area contributed by atoms with Gasteiger partial charge in [0.2, 0.25) is 0 Å². The summed E-state index contributed by atoms with van der Waals surface area (Å²) >= 11 is 0. The number of carbonyl (C=O) groups is 1. The highest BCUT2D eigenvalue weighted by Gasteiger charge is 2.26. The molecule has 1 aromatic heterocycles. The molecular formula is C44H51N3O10. The van der Waals surface area contributed by atoms with Crippen molar-refractivity contribution in [2.75, 3.05) is 32.8 Å². The number of benzene rings is 4. The van der Waals surface area contributed by atoms with E-state index in [-0.39, 0.29) is 32.3 Å². The average molecular weight is 782 g/mol. The molecule has 0 fully saturated rings. The predicted molar refractivity (Wildman–Crippen MR) is 214 cm³/mol. The first-order valence-electron chi connectivity index (χ1n) is 19.3. The largest absolute Gasteiger partial charge is 0.497 e. The van der Waals surface area contributed by atoms with Gasteiger partial charge in [-0.3, -0.25) is 4.79 Å². The van der Waals surface area contributed by atoms with Crippen LogP contribution < -0.4 is 29.6 Å². The van der Waals surface area contributed by atoms with Crippen LogP contribution in [0.4, 0.5) is 5.69 Å². The van der Waals surface area contributed by atoms with E-state index in [0.29, 0.717) is 86.7 Å². The van der Waals surface area contributed by atoms with Crippen LogP contribution in [0.2, 0.25) is 0 Å². The van der Waals surface area contributed by atoms with Gasteiger partial charge in [-0.25, -0.2) is 0 Å². The number of unbranched alkanes of at least 4 members (excludes halogenated alkanes) is 6.